The molecule has 0 spiro atoms. The van der Waals surface area contributed by atoms with Gasteiger partial charge in [-0.05, 0) is 20.8 Å². The number of halogens is 1. The van der Waals surface area contributed by atoms with E-state index in [1.54, 1.807) is 4.90 Å². The Morgan fingerprint density at radius 1 is 1.23 bits per heavy atom. The number of oxazole rings is 1. The lowest BCUT2D eigenvalue weighted by molar-refractivity contribution is 0.0239. The van der Waals surface area contributed by atoms with Crippen molar-refractivity contribution in [2.24, 2.45) is 0 Å². The minimum atomic E-state index is -1.19. The number of nitrogens with zero attached hydrogens (tertiary/aromatic N) is 4. The van der Waals surface area contributed by atoms with E-state index in [9.17, 15) is 9.59 Å². The smallest absolute Gasteiger partial charge is 0.410 e. The lowest BCUT2D eigenvalue weighted by atomic mass is 10.2. The van der Waals surface area contributed by atoms with E-state index in [1.807, 2.05) is 25.7 Å². The van der Waals surface area contributed by atoms with Crippen molar-refractivity contribution in [2.45, 2.75) is 26.4 Å². The van der Waals surface area contributed by atoms with Crippen LogP contribution in [0.4, 0.5) is 10.8 Å². The number of amides is 1. The number of anilines is 1. The standard InChI is InChI=1S/C16H19ClN4O5/c1-16(2,3)26-15(24)21-6-4-20(5-7-21)14-19-12-10(25-14)8-9(13(22)23)11(17)18-12/h8H,4-7H2,1-3H3,(H,22,23). The van der Waals surface area contributed by atoms with E-state index in [2.05, 4.69) is 9.97 Å². The van der Waals surface area contributed by atoms with Crippen molar-refractivity contribution in [3.8, 4) is 0 Å². The summed E-state index contributed by atoms with van der Waals surface area (Å²) in [7, 11) is 0. The summed E-state index contributed by atoms with van der Waals surface area (Å²) in [5, 5.41) is 8.96. The second-order valence-corrected chi connectivity index (χ2v) is 7.26. The number of piperazine rings is 1. The molecule has 1 amide bonds. The quantitative estimate of drug-likeness (QED) is 0.789. The third-order valence-electron chi connectivity index (χ3n) is 3.76. The van der Waals surface area contributed by atoms with Crippen molar-refractivity contribution in [1.29, 1.82) is 0 Å². The molecule has 0 radical (unpaired) electrons. The molecular weight excluding hydrogens is 364 g/mol. The van der Waals surface area contributed by atoms with Gasteiger partial charge in [-0.25, -0.2) is 14.6 Å². The zero-order valence-corrected chi connectivity index (χ0v) is 15.4. The Morgan fingerprint density at radius 2 is 1.88 bits per heavy atom. The first-order valence-corrected chi connectivity index (χ1v) is 8.45. The van der Waals surface area contributed by atoms with Crippen LogP contribution in [-0.4, -0.2) is 63.8 Å². The number of carboxylic acids is 1. The van der Waals surface area contributed by atoms with Crippen molar-refractivity contribution in [3.05, 3.63) is 16.8 Å². The first-order valence-electron chi connectivity index (χ1n) is 8.07. The monoisotopic (exact) mass is 382 g/mol. The van der Waals surface area contributed by atoms with Gasteiger partial charge in [0.2, 0.25) is 5.65 Å². The summed E-state index contributed by atoms with van der Waals surface area (Å²) in [4.78, 5) is 34.9. The Bertz CT molecular complexity index is 852. The van der Waals surface area contributed by atoms with E-state index in [-0.39, 0.29) is 28.0 Å². The fourth-order valence-electron chi connectivity index (χ4n) is 2.52. The highest BCUT2D eigenvalue weighted by molar-refractivity contribution is 6.32. The summed E-state index contributed by atoms with van der Waals surface area (Å²) in [6.45, 7) is 7.40. The topological polar surface area (TPSA) is 109 Å². The maximum atomic E-state index is 12.1. The van der Waals surface area contributed by atoms with Gasteiger partial charge < -0.3 is 24.1 Å². The van der Waals surface area contributed by atoms with Gasteiger partial charge >= 0.3 is 12.1 Å². The molecule has 9 nitrogen and oxygen atoms in total. The van der Waals surface area contributed by atoms with E-state index in [1.165, 1.54) is 6.07 Å². The van der Waals surface area contributed by atoms with Gasteiger partial charge in [-0.3, -0.25) is 0 Å². The molecule has 0 unspecified atom stereocenters. The maximum absolute atomic E-state index is 12.1. The third-order valence-corrected chi connectivity index (χ3v) is 4.05. The van der Waals surface area contributed by atoms with Crippen molar-refractivity contribution in [1.82, 2.24) is 14.9 Å². The number of hydrogen-bond acceptors (Lipinski definition) is 7. The summed E-state index contributed by atoms with van der Waals surface area (Å²) in [5.74, 6) is -1.19. The van der Waals surface area contributed by atoms with E-state index in [0.717, 1.165) is 0 Å². The number of aromatic nitrogens is 2. The summed E-state index contributed by atoms with van der Waals surface area (Å²) in [6.07, 6.45) is -0.353. The maximum Gasteiger partial charge on any atom is 0.410 e. The molecule has 1 saturated heterocycles. The molecule has 0 atom stereocenters. The molecule has 26 heavy (non-hydrogen) atoms. The van der Waals surface area contributed by atoms with Crippen molar-refractivity contribution in [3.63, 3.8) is 0 Å². The van der Waals surface area contributed by atoms with Crippen LogP contribution >= 0.6 is 11.6 Å². The minimum Gasteiger partial charge on any atom is -0.478 e. The number of aromatic carboxylic acids is 1. The Hall–Kier alpha value is -2.55. The molecule has 2 aromatic rings. The van der Waals surface area contributed by atoms with Crippen molar-refractivity contribution in [2.75, 3.05) is 31.1 Å². The van der Waals surface area contributed by atoms with Crippen LogP contribution in [-0.2, 0) is 4.74 Å². The number of rotatable bonds is 2. The largest absolute Gasteiger partial charge is 0.478 e. The number of hydrogen-bond donors (Lipinski definition) is 1. The van der Waals surface area contributed by atoms with Gasteiger partial charge in [0.1, 0.15) is 16.3 Å². The molecular formula is C16H19ClN4O5. The highest BCUT2D eigenvalue weighted by Gasteiger charge is 2.28. The molecule has 0 aliphatic carbocycles. The Kier molecular flexibility index (Phi) is 4.66. The molecule has 1 fully saturated rings. The molecule has 10 heteroatoms. The molecule has 1 aliphatic heterocycles. The average molecular weight is 383 g/mol. The van der Waals surface area contributed by atoms with Gasteiger partial charge in [0.25, 0.3) is 6.01 Å². The van der Waals surface area contributed by atoms with Crippen LogP contribution in [0.1, 0.15) is 31.1 Å². The van der Waals surface area contributed by atoms with Crippen LogP contribution < -0.4 is 4.90 Å². The molecule has 3 heterocycles. The predicted octanol–water partition coefficient (Wildman–Crippen LogP) is 2.63. The Morgan fingerprint density at radius 3 is 2.46 bits per heavy atom. The number of carbonyl (C=O) groups is 2. The lowest BCUT2D eigenvalue weighted by Crippen LogP contribution is -2.50. The zero-order chi connectivity index (χ0) is 19.1. The minimum absolute atomic E-state index is 0.139. The molecule has 1 aliphatic rings. The highest BCUT2D eigenvalue weighted by atomic mass is 35.5. The van der Waals surface area contributed by atoms with Crippen LogP contribution in [0.25, 0.3) is 11.2 Å². The fraction of sp³-hybridized carbons (Fsp3) is 0.500. The van der Waals surface area contributed by atoms with Gasteiger partial charge in [-0.2, -0.15) is 4.98 Å². The molecule has 0 saturated carbocycles. The van der Waals surface area contributed by atoms with Gasteiger partial charge in [-0.1, -0.05) is 11.6 Å². The Labute approximate surface area is 154 Å². The summed E-state index contributed by atoms with van der Waals surface area (Å²) in [6, 6.07) is 1.62. The van der Waals surface area contributed by atoms with Crippen LogP contribution in [0.5, 0.6) is 0 Å². The van der Waals surface area contributed by atoms with Gasteiger partial charge in [0.15, 0.2) is 5.58 Å². The SMILES string of the molecule is CC(C)(C)OC(=O)N1CCN(c2nc3nc(Cl)c(C(=O)O)cc3o2)CC1. The first-order chi connectivity index (χ1) is 12.1. The zero-order valence-electron chi connectivity index (χ0n) is 14.7. The second-order valence-electron chi connectivity index (χ2n) is 6.90. The molecule has 0 aromatic carbocycles. The third kappa shape index (κ3) is 3.82. The number of ether oxygens (including phenoxy) is 1. The molecule has 1 N–H and O–H groups in total. The molecule has 140 valence electrons. The number of pyridine rings is 1. The van der Waals surface area contributed by atoms with E-state index >= 15 is 0 Å². The summed E-state index contributed by atoms with van der Waals surface area (Å²) in [5.41, 5.74) is -0.195. The number of carbonyl (C=O) groups excluding carboxylic acids is 1. The Balaban J connectivity index is 1.71. The van der Waals surface area contributed by atoms with E-state index in [4.69, 9.17) is 25.9 Å². The first kappa shape index (κ1) is 18.2. The van der Waals surface area contributed by atoms with Crippen LogP contribution in [0.15, 0.2) is 10.5 Å². The van der Waals surface area contributed by atoms with Crippen LogP contribution in [0, 0.1) is 0 Å². The predicted molar refractivity (Wildman–Crippen MR) is 93.8 cm³/mol. The lowest BCUT2D eigenvalue weighted by Gasteiger charge is -2.34. The number of fused-ring (bicyclic) bond motifs is 1. The van der Waals surface area contributed by atoms with Crippen molar-refractivity contribution < 1.29 is 23.8 Å². The van der Waals surface area contributed by atoms with Gasteiger partial charge in [0.05, 0.1) is 0 Å². The summed E-state index contributed by atoms with van der Waals surface area (Å²) < 4.78 is 11.0. The molecule has 3 rings (SSSR count). The van der Waals surface area contributed by atoms with Crippen LogP contribution in [0.3, 0.4) is 0 Å². The second kappa shape index (κ2) is 6.64. The van der Waals surface area contributed by atoms with Gasteiger partial charge in [-0.15, -0.1) is 0 Å². The van der Waals surface area contributed by atoms with E-state index in [0.29, 0.717) is 32.2 Å². The highest BCUT2D eigenvalue weighted by Crippen LogP contribution is 2.26. The normalized spacial score (nSPS) is 15.4. The van der Waals surface area contributed by atoms with Crippen LogP contribution in [0.2, 0.25) is 5.15 Å². The fourth-order valence-corrected chi connectivity index (χ4v) is 2.74. The van der Waals surface area contributed by atoms with E-state index < -0.39 is 11.6 Å². The summed E-state index contributed by atoms with van der Waals surface area (Å²) >= 11 is 5.85. The molecule has 2 aromatic heterocycles. The average Bonchev–Trinajstić information content (AvgIpc) is 2.95. The molecule has 0 bridgehead atoms. The van der Waals surface area contributed by atoms with Gasteiger partial charge in [0, 0.05) is 32.2 Å². The van der Waals surface area contributed by atoms with Crippen molar-refractivity contribution >= 4 is 40.9 Å². The number of carboxylic acid groups (broad SMARTS) is 1.